The summed E-state index contributed by atoms with van der Waals surface area (Å²) >= 11 is 5.80. The third kappa shape index (κ3) is 5.52. The van der Waals surface area contributed by atoms with Crippen molar-refractivity contribution in [1.29, 1.82) is 0 Å². The number of rotatable bonds is 7. The van der Waals surface area contributed by atoms with Crippen LogP contribution in [0.25, 0.3) is 0 Å². The van der Waals surface area contributed by atoms with Crippen LogP contribution in [-0.4, -0.2) is 18.5 Å². The zero-order valence-corrected chi connectivity index (χ0v) is 11.8. The first kappa shape index (κ1) is 15.0. The molecule has 0 aliphatic carbocycles. The average molecular weight is 269 g/mol. The standard InChI is InChI=1S/C14H21ClN2O/c1-3-13(4-2)17-14(18)10-16-9-11-5-7-12(15)8-6-11/h5-8,13,16H,3-4,9-10H2,1-2H3,(H,17,18). The second-order valence-electron chi connectivity index (χ2n) is 4.31. The molecule has 0 aliphatic heterocycles. The Hall–Kier alpha value is -1.06. The molecule has 1 amide bonds. The van der Waals surface area contributed by atoms with E-state index in [2.05, 4.69) is 24.5 Å². The minimum atomic E-state index is 0.0534. The van der Waals surface area contributed by atoms with Gasteiger partial charge in [0.25, 0.3) is 0 Å². The molecule has 0 fully saturated rings. The predicted octanol–water partition coefficient (Wildman–Crippen LogP) is 2.73. The lowest BCUT2D eigenvalue weighted by atomic mass is 10.2. The lowest BCUT2D eigenvalue weighted by Gasteiger charge is -2.14. The minimum Gasteiger partial charge on any atom is -0.352 e. The van der Waals surface area contributed by atoms with Crippen molar-refractivity contribution in [2.24, 2.45) is 0 Å². The highest BCUT2D eigenvalue weighted by Crippen LogP contribution is 2.08. The van der Waals surface area contributed by atoms with Gasteiger partial charge in [-0.2, -0.15) is 0 Å². The van der Waals surface area contributed by atoms with Crippen LogP contribution >= 0.6 is 11.6 Å². The maximum atomic E-state index is 11.6. The number of amides is 1. The van der Waals surface area contributed by atoms with Gasteiger partial charge in [0.05, 0.1) is 6.54 Å². The van der Waals surface area contributed by atoms with Crippen molar-refractivity contribution in [3.63, 3.8) is 0 Å². The largest absolute Gasteiger partial charge is 0.352 e. The molecule has 1 aromatic rings. The van der Waals surface area contributed by atoms with Crippen molar-refractivity contribution in [3.8, 4) is 0 Å². The topological polar surface area (TPSA) is 41.1 Å². The summed E-state index contributed by atoms with van der Waals surface area (Å²) in [5.74, 6) is 0.0534. The number of carbonyl (C=O) groups excluding carboxylic acids is 1. The Morgan fingerprint density at radius 3 is 2.39 bits per heavy atom. The van der Waals surface area contributed by atoms with Gasteiger partial charge in [-0.1, -0.05) is 37.6 Å². The normalized spacial score (nSPS) is 10.7. The van der Waals surface area contributed by atoms with Crippen LogP contribution in [0, 0.1) is 0 Å². The summed E-state index contributed by atoms with van der Waals surface area (Å²) in [6.45, 7) is 5.18. The van der Waals surface area contributed by atoms with E-state index in [9.17, 15) is 4.79 Å². The highest BCUT2D eigenvalue weighted by Gasteiger charge is 2.07. The maximum Gasteiger partial charge on any atom is 0.234 e. The number of hydrogen-bond donors (Lipinski definition) is 2. The van der Waals surface area contributed by atoms with Crippen LogP contribution in [0.3, 0.4) is 0 Å². The van der Waals surface area contributed by atoms with Gasteiger partial charge >= 0.3 is 0 Å². The molecule has 1 aromatic carbocycles. The molecule has 3 nitrogen and oxygen atoms in total. The molecular weight excluding hydrogens is 248 g/mol. The molecule has 0 saturated carbocycles. The van der Waals surface area contributed by atoms with E-state index in [1.807, 2.05) is 24.3 Å². The highest BCUT2D eigenvalue weighted by molar-refractivity contribution is 6.30. The molecule has 0 aliphatic rings. The monoisotopic (exact) mass is 268 g/mol. The van der Waals surface area contributed by atoms with Gasteiger partial charge in [0.2, 0.25) is 5.91 Å². The van der Waals surface area contributed by atoms with E-state index in [4.69, 9.17) is 11.6 Å². The molecule has 0 saturated heterocycles. The third-order valence-electron chi connectivity index (χ3n) is 2.88. The van der Waals surface area contributed by atoms with Crippen molar-refractivity contribution in [1.82, 2.24) is 10.6 Å². The molecule has 2 N–H and O–H groups in total. The summed E-state index contributed by atoms with van der Waals surface area (Å²) in [6, 6.07) is 7.89. The summed E-state index contributed by atoms with van der Waals surface area (Å²) in [4.78, 5) is 11.6. The van der Waals surface area contributed by atoms with Crippen LogP contribution in [-0.2, 0) is 11.3 Å². The van der Waals surface area contributed by atoms with Crippen molar-refractivity contribution in [2.45, 2.75) is 39.3 Å². The Kier molecular flexibility index (Phi) is 6.76. The Bertz CT molecular complexity index is 361. The Labute approximate surface area is 114 Å². The second-order valence-corrected chi connectivity index (χ2v) is 4.75. The molecule has 0 heterocycles. The fourth-order valence-electron chi connectivity index (χ4n) is 1.69. The summed E-state index contributed by atoms with van der Waals surface area (Å²) in [5, 5.41) is 6.84. The number of halogens is 1. The molecule has 0 spiro atoms. The Morgan fingerprint density at radius 2 is 1.83 bits per heavy atom. The molecule has 0 aromatic heterocycles. The minimum absolute atomic E-state index is 0.0534. The lowest BCUT2D eigenvalue weighted by molar-refractivity contribution is -0.121. The van der Waals surface area contributed by atoms with Crippen molar-refractivity contribution in [2.75, 3.05) is 6.54 Å². The SMILES string of the molecule is CCC(CC)NC(=O)CNCc1ccc(Cl)cc1. The molecule has 0 unspecified atom stereocenters. The van der Waals surface area contributed by atoms with Crippen LogP contribution in [0.5, 0.6) is 0 Å². The van der Waals surface area contributed by atoms with Gasteiger partial charge in [-0.15, -0.1) is 0 Å². The van der Waals surface area contributed by atoms with Crippen LogP contribution in [0.4, 0.5) is 0 Å². The number of benzene rings is 1. The maximum absolute atomic E-state index is 11.6. The molecule has 100 valence electrons. The van der Waals surface area contributed by atoms with Gasteiger partial charge in [0, 0.05) is 17.6 Å². The van der Waals surface area contributed by atoms with Gasteiger partial charge < -0.3 is 10.6 Å². The van der Waals surface area contributed by atoms with Gasteiger partial charge in [-0.05, 0) is 30.5 Å². The van der Waals surface area contributed by atoms with Crippen LogP contribution in [0.2, 0.25) is 5.02 Å². The number of hydrogen-bond acceptors (Lipinski definition) is 2. The van der Waals surface area contributed by atoms with Gasteiger partial charge in [0.15, 0.2) is 0 Å². The summed E-state index contributed by atoms with van der Waals surface area (Å²) in [7, 11) is 0. The van der Waals surface area contributed by atoms with E-state index in [1.54, 1.807) is 0 Å². The fraction of sp³-hybridized carbons (Fsp3) is 0.500. The van der Waals surface area contributed by atoms with E-state index in [0.29, 0.717) is 13.1 Å². The van der Waals surface area contributed by atoms with E-state index in [0.717, 1.165) is 23.4 Å². The predicted molar refractivity (Wildman–Crippen MR) is 75.7 cm³/mol. The zero-order valence-electron chi connectivity index (χ0n) is 11.0. The third-order valence-corrected chi connectivity index (χ3v) is 3.13. The van der Waals surface area contributed by atoms with E-state index < -0.39 is 0 Å². The fourth-order valence-corrected chi connectivity index (χ4v) is 1.82. The molecular formula is C14H21ClN2O. The average Bonchev–Trinajstić information content (AvgIpc) is 2.38. The van der Waals surface area contributed by atoms with Crippen LogP contribution in [0.15, 0.2) is 24.3 Å². The molecule has 4 heteroatoms. The van der Waals surface area contributed by atoms with E-state index >= 15 is 0 Å². The number of carbonyl (C=O) groups is 1. The first-order valence-electron chi connectivity index (χ1n) is 6.40. The molecule has 1 rings (SSSR count). The Morgan fingerprint density at radius 1 is 1.22 bits per heavy atom. The van der Waals surface area contributed by atoms with E-state index in [-0.39, 0.29) is 11.9 Å². The quantitative estimate of drug-likeness (QED) is 0.798. The number of nitrogens with one attached hydrogen (secondary N) is 2. The summed E-state index contributed by atoms with van der Waals surface area (Å²) in [5.41, 5.74) is 1.12. The molecule has 0 bridgehead atoms. The first-order valence-corrected chi connectivity index (χ1v) is 6.78. The van der Waals surface area contributed by atoms with Crippen molar-refractivity contribution >= 4 is 17.5 Å². The smallest absolute Gasteiger partial charge is 0.234 e. The van der Waals surface area contributed by atoms with Crippen LogP contribution in [0.1, 0.15) is 32.3 Å². The van der Waals surface area contributed by atoms with Gasteiger partial charge in [-0.25, -0.2) is 0 Å². The van der Waals surface area contributed by atoms with Gasteiger partial charge in [0.1, 0.15) is 0 Å². The van der Waals surface area contributed by atoms with Crippen molar-refractivity contribution in [3.05, 3.63) is 34.9 Å². The molecule has 18 heavy (non-hydrogen) atoms. The lowest BCUT2D eigenvalue weighted by Crippen LogP contribution is -2.39. The second kappa shape index (κ2) is 8.11. The van der Waals surface area contributed by atoms with Gasteiger partial charge in [-0.3, -0.25) is 4.79 Å². The first-order chi connectivity index (χ1) is 8.65. The Balaban J connectivity index is 2.25. The van der Waals surface area contributed by atoms with Crippen LogP contribution < -0.4 is 10.6 Å². The van der Waals surface area contributed by atoms with Crippen molar-refractivity contribution < 1.29 is 4.79 Å². The summed E-state index contributed by atoms with van der Waals surface area (Å²) in [6.07, 6.45) is 1.94. The van der Waals surface area contributed by atoms with E-state index in [1.165, 1.54) is 0 Å². The highest BCUT2D eigenvalue weighted by atomic mass is 35.5. The summed E-state index contributed by atoms with van der Waals surface area (Å²) < 4.78 is 0. The molecule has 0 radical (unpaired) electrons. The zero-order chi connectivity index (χ0) is 13.4. The molecule has 0 atom stereocenters.